The van der Waals surface area contributed by atoms with E-state index >= 15 is 0 Å². The van der Waals surface area contributed by atoms with Crippen LogP contribution in [0.5, 0.6) is 0 Å². The van der Waals surface area contributed by atoms with E-state index in [0.29, 0.717) is 30.3 Å². The molecule has 19 heavy (non-hydrogen) atoms. The first-order valence-electron chi connectivity index (χ1n) is 6.87. The molecule has 3 amide bonds. The Labute approximate surface area is 118 Å². The van der Waals surface area contributed by atoms with Crippen molar-refractivity contribution < 1.29 is 9.59 Å². The highest BCUT2D eigenvalue weighted by molar-refractivity contribution is 7.80. The normalized spacial score (nSPS) is 30.8. The second-order valence-electron chi connectivity index (χ2n) is 5.72. The Morgan fingerprint density at radius 1 is 1.47 bits per heavy atom. The molecule has 1 spiro atoms. The van der Waals surface area contributed by atoms with Gasteiger partial charge in [0.05, 0.1) is 4.99 Å². The van der Waals surface area contributed by atoms with Gasteiger partial charge in [-0.1, -0.05) is 19.1 Å². The minimum Gasteiger partial charge on any atom is -0.393 e. The average molecular weight is 283 g/mol. The highest BCUT2D eigenvalue weighted by Crippen LogP contribution is 2.36. The Morgan fingerprint density at radius 2 is 2.11 bits per heavy atom. The predicted molar refractivity (Wildman–Crippen MR) is 76.6 cm³/mol. The summed E-state index contributed by atoms with van der Waals surface area (Å²) < 4.78 is 0. The summed E-state index contributed by atoms with van der Waals surface area (Å²) in [4.78, 5) is 26.2. The van der Waals surface area contributed by atoms with Crippen molar-refractivity contribution in [3.05, 3.63) is 0 Å². The summed E-state index contributed by atoms with van der Waals surface area (Å²) in [5, 5.41) is 2.90. The zero-order valence-corrected chi connectivity index (χ0v) is 12.1. The first-order chi connectivity index (χ1) is 8.94. The van der Waals surface area contributed by atoms with Gasteiger partial charge in [0.25, 0.3) is 5.91 Å². The van der Waals surface area contributed by atoms with Crippen molar-refractivity contribution in [3.8, 4) is 0 Å². The number of urea groups is 1. The van der Waals surface area contributed by atoms with Gasteiger partial charge in [-0.05, 0) is 44.4 Å². The fraction of sp³-hybridized carbons (Fsp3) is 0.769. The SMILES string of the molecule is CC1CCC2(CC1)NC(=O)N(CCCC(N)=S)C2=O. The summed E-state index contributed by atoms with van der Waals surface area (Å²) in [6, 6.07) is -0.262. The van der Waals surface area contributed by atoms with Crippen LogP contribution in [0, 0.1) is 5.92 Å². The van der Waals surface area contributed by atoms with E-state index in [1.54, 1.807) is 0 Å². The molecule has 2 fully saturated rings. The molecule has 0 aromatic heterocycles. The first kappa shape index (κ1) is 14.2. The minimum atomic E-state index is -0.632. The Balaban J connectivity index is 1.98. The molecule has 106 valence electrons. The molecule has 0 radical (unpaired) electrons. The zero-order chi connectivity index (χ0) is 14.0. The molecule has 5 nitrogen and oxygen atoms in total. The number of hydrogen-bond donors (Lipinski definition) is 2. The number of amides is 3. The fourth-order valence-electron chi connectivity index (χ4n) is 2.88. The maximum Gasteiger partial charge on any atom is 0.325 e. The number of imide groups is 1. The van der Waals surface area contributed by atoms with E-state index in [1.165, 1.54) is 4.90 Å². The van der Waals surface area contributed by atoms with Crippen molar-refractivity contribution in [2.75, 3.05) is 6.54 Å². The smallest absolute Gasteiger partial charge is 0.325 e. The molecular formula is C13H21N3O2S. The maximum atomic E-state index is 12.5. The summed E-state index contributed by atoms with van der Waals surface area (Å²) in [7, 11) is 0. The molecular weight excluding hydrogens is 262 g/mol. The van der Waals surface area contributed by atoms with Crippen LogP contribution >= 0.6 is 12.2 Å². The summed E-state index contributed by atoms with van der Waals surface area (Å²) in [5.74, 6) is 0.575. The van der Waals surface area contributed by atoms with Crippen LogP contribution in [0.1, 0.15) is 45.4 Å². The lowest BCUT2D eigenvalue weighted by Gasteiger charge is -2.33. The van der Waals surface area contributed by atoms with Crippen molar-refractivity contribution >= 4 is 29.1 Å². The third-order valence-electron chi connectivity index (χ3n) is 4.18. The summed E-state index contributed by atoms with van der Waals surface area (Å²) in [6.45, 7) is 2.59. The molecule has 2 rings (SSSR count). The van der Waals surface area contributed by atoms with Crippen LogP contribution in [0.2, 0.25) is 0 Å². The molecule has 1 aliphatic heterocycles. The Kier molecular flexibility index (Phi) is 4.08. The molecule has 2 aliphatic rings. The van der Waals surface area contributed by atoms with Gasteiger partial charge in [0.15, 0.2) is 0 Å². The van der Waals surface area contributed by atoms with Gasteiger partial charge in [-0.15, -0.1) is 0 Å². The van der Waals surface area contributed by atoms with Gasteiger partial charge in [-0.25, -0.2) is 4.79 Å². The molecule has 0 unspecified atom stereocenters. The standard InChI is InChI=1S/C13H21N3O2S/c1-9-4-6-13(7-5-9)11(17)16(12(18)15-13)8-2-3-10(14)19/h9H,2-8H2,1H3,(H2,14,19)(H,15,18). The molecule has 6 heteroatoms. The topological polar surface area (TPSA) is 75.4 Å². The maximum absolute atomic E-state index is 12.5. The summed E-state index contributed by atoms with van der Waals surface area (Å²) >= 11 is 4.80. The van der Waals surface area contributed by atoms with Gasteiger partial charge in [0, 0.05) is 6.54 Å². The molecule has 1 aliphatic carbocycles. The van der Waals surface area contributed by atoms with Gasteiger partial charge >= 0.3 is 6.03 Å². The van der Waals surface area contributed by atoms with Crippen LogP contribution < -0.4 is 11.1 Å². The van der Waals surface area contributed by atoms with Crippen molar-refractivity contribution in [1.82, 2.24) is 10.2 Å². The highest BCUT2D eigenvalue weighted by Gasteiger charge is 2.51. The molecule has 3 N–H and O–H groups in total. The van der Waals surface area contributed by atoms with Crippen molar-refractivity contribution in [2.24, 2.45) is 11.7 Å². The Morgan fingerprint density at radius 3 is 2.68 bits per heavy atom. The monoisotopic (exact) mass is 283 g/mol. The third-order valence-corrected chi connectivity index (χ3v) is 4.38. The summed E-state index contributed by atoms with van der Waals surface area (Å²) in [6.07, 6.45) is 4.70. The number of rotatable bonds is 4. The van der Waals surface area contributed by atoms with E-state index in [1.807, 2.05) is 0 Å². The number of thiocarbonyl (C=S) groups is 1. The minimum absolute atomic E-state index is 0.0626. The lowest BCUT2D eigenvalue weighted by Crippen LogP contribution is -2.49. The second-order valence-corrected chi connectivity index (χ2v) is 6.25. The molecule has 0 aromatic rings. The van der Waals surface area contributed by atoms with Crippen molar-refractivity contribution in [3.63, 3.8) is 0 Å². The van der Waals surface area contributed by atoms with Gasteiger partial charge in [0.2, 0.25) is 0 Å². The lowest BCUT2D eigenvalue weighted by atomic mass is 9.77. The zero-order valence-electron chi connectivity index (χ0n) is 11.3. The van der Waals surface area contributed by atoms with Gasteiger partial charge in [-0.2, -0.15) is 0 Å². The van der Waals surface area contributed by atoms with Crippen LogP contribution in [-0.2, 0) is 4.79 Å². The molecule has 1 saturated carbocycles. The van der Waals surface area contributed by atoms with E-state index in [2.05, 4.69) is 12.2 Å². The van der Waals surface area contributed by atoms with Crippen LogP contribution in [0.15, 0.2) is 0 Å². The molecule has 0 aromatic carbocycles. The van der Waals surface area contributed by atoms with Crippen LogP contribution in [0.4, 0.5) is 4.79 Å². The fourth-order valence-corrected chi connectivity index (χ4v) is 3.03. The number of carbonyl (C=O) groups is 2. The van der Waals surface area contributed by atoms with E-state index in [-0.39, 0.29) is 11.9 Å². The summed E-state index contributed by atoms with van der Waals surface area (Å²) in [5.41, 5.74) is 4.79. The molecule has 1 heterocycles. The van der Waals surface area contributed by atoms with Gasteiger partial charge < -0.3 is 11.1 Å². The third kappa shape index (κ3) is 2.88. The van der Waals surface area contributed by atoms with Crippen molar-refractivity contribution in [1.29, 1.82) is 0 Å². The highest BCUT2D eigenvalue weighted by atomic mass is 32.1. The average Bonchev–Trinajstić information content (AvgIpc) is 2.57. The predicted octanol–water partition coefficient (Wildman–Crippen LogP) is 1.55. The number of carbonyl (C=O) groups excluding carboxylic acids is 2. The lowest BCUT2D eigenvalue weighted by molar-refractivity contribution is -0.132. The largest absolute Gasteiger partial charge is 0.393 e. The molecule has 0 bridgehead atoms. The van der Waals surface area contributed by atoms with E-state index in [0.717, 1.165) is 25.7 Å². The van der Waals surface area contributed by atoms with E-state index < -0.39 is 5.54 Å². The Bertz CT molecular complexity index is 403. The quantitative estimate of drug-likeness (QED) is 0.606. The second kappa shape index (κ2) is 5.45. The molecule has 1 saturated heterocycles. The van der Waals surface area contributed by atoms with Crippen molar-refractivity contribution in [2.45, 2.75) is 51.0 Å². The first-order valence-corrected chi connectivity index (χ1v) is 7.28. The van der Waals surface area contributed by atoms with E-state index in [4.69, 9.17) is 18.0 Å². The molecule has 0 atom stereocenters. The van der Waals surface area contributed by atoms with Crippen LogP contribution in [0.3, 0.4) is 0 Å². The van der Waals surface area contributed by atoms with Gasteiger partial charge in [0.1, 0.15) is 5.54 Å². The Hall–Kier alpha value is -1.17. The number of nitrogens with one attached hydrogen (secondary N) is 1. The number of hydrogen-bond acceptors (Lipinski definition) is 3. The van der Waals surface area contributed by atoms with E-state index in [9.17, 15) is 9.59 Å². The van der Waals surface area contributed by atoms with Crippen LogP contribution in [0.25, 0.3) is 0 Å². The number of nitrogens with two attached hydrogens (primary N) is 1. The van der Waals surface area contributed by atoms with Crippen LogP contribution in [-0.4, -0.2) is 33.9 Å². The van der Waals surface area contributed by atoms with Gasteiger partial charge in [-0.3, -0.25) is 9.69 Å². The number of nitrogens with zero attached hydrogens (tertiary/aromatic N) is 1.